The molecule has 4 aliphatic rings. The summed E-state index contributed by atoms with van der Waals surface area (Å²) < 4.78 is 31.6. The Labute approximate surface area is 228 Å². The molecule has 1 aliphatic heterocycles. The number of esters is 1. The van der Waals surface area contributed by atoms with Gasteiger partial charge in [0.1, 0.15) is 11.9 Å². The summed E-state index contributed by atoms with van der Waals surface area (Å²) in [4.78, 5) is 26.7. The first-order valence-corrected chi connectivity index (χ1v) is 14.1. The molecule has 5 rings (SSSR count). The lowest BCUT2D eigenvalue weighted by molar-refractivity contribution is -0.210. The predicted molar refractivity (Wildman–Crippen MR) is 139 cm³/mol. The number of benzene rings is 1. The lowest BCUT2D eigenvalue weighted by Crippen LogP contribution is -2.63. The van der Waals surface area contributed by atoms with Gasteiger partial charge in [-0.25, -0.2) is 9.18 Å². The Morgan fingerprint density at radius 3 is 2.74 bits per heavy atom. The van der Waals surface area contributed by atoms with E-state index in [-0.39, 0.29) is 52.7 Å². The predicted octanol–water partition coefficient (Wildman–Crippen LogP) is 3.38. The van der Waals surface area contributed by atoms with Crippen molar-refractivity contribution in [3.05, 3.63) is 23.5 Å². The maximum Gasteiger partial charge on any atom is 0.494 e. The van der Waals surface area contributed by atoms with Gasteiger partial charge in [0.2, 0.25) is 0 Å². The number of aliphatic hydroxyl groups is 1. The number of rotatable bonds is 5. The number of halogens is 2. The van der Waals surface area contributed by atoms with Gasteiger partial charge in [0, 0.05) is 34.5 Å². The van der Waals surface area contributed by atoms with E-state index in [0.29, 0.717) is 24.8 Å². The quantitative estimate of drug-likeness (QED) is 0.329. The van der Waals surface area contributed by atoms with Gasteiger partial charge in [-0.3, -0.25) is 4.79 Å². The molecule has 3 aliphatic carbocycles. The fraction of sp³-hybridized carbons (Fsp3) is 0.714. The molecule has 0 saturated heterocycles. The van der Waals surface area contributed by atoms with E-state index in [1.807, 2.05) is 13.8 Å². The lowest BCUT2D eigenvalue weighted by atomic mass is 9.44. The van der Waals surface area contributed by atoms with Crippen molar-refractivity contribution in [2.45, 2.75) is 78.6 Å². The summed E-state index contributed by atoms with van der Waals surface area (Å²) in [6.07, 6.45) is 1.72. The van der Waals surface area contributed by atoms with Crippen LogP contribution in [0.25, 0.3) is 0 Å². The monoisotopic (exact) mass is 550 g/mol. The van der Waals surface area contributed by atoms with Crippen LogP contribution in [-0.2, 0) is 25.6 Å². The van der Waals surface area contributed by atoms with Gasteiger partial charge in [-0.15, -0.1) is 11.6 Å². The minimum atomic E-state index is -1.38. The molecule has 1 aromatic rings. The smallest absolute Gasteiger partial charge is 0.479 e. The molecule has 0 amide bonds. The van der Waals surface area contributed by atoms with Gasteiger partial charge in [-0.05, 0) is 54.6 Å². The molecule has 38 heavy (non-hydrogen) atoms. The van der Waals surface area contributed by atoms with E-state index in [1.165, 1.54) is 6.07 Å². The van der Waals surface area contributed by atoms with Crippen LogP contribution in [0.2, 0.25) is 0 Å². The van der Waals surface area contributed by atoms with Crippen LogP contribution in [-0.4, -0.2) is 53.7 Å². The Balaban J connectivity index is 1.44. The molecule has 2 N–H and O–H groups in total. The number of Topliss-reactive ketones (excluding diaryl/α,β-unsaturated/α-hetero) is 1. The second-order valence-corrected chi connectivity index (χ2v) is 12.8. The maximum absolute atomic E-state index is 14.9. The minimum absolute atomic E-state index is 0.0106. The van der Waals surface area contributed by atoms with E-state index in [2.05, 4.69) is 13.8 Å². The average molecular weight is 551 g/mol. The molecule has 0 unspecified atom stereocenters. The maximum atomic E-state index is 14.9. The van der Waals surface area contributed by atoms with E-state index in [1.54, 1.807) is 6.07 Å². The van der Waals surface area contributed by atoms with Crippen LogP contribution in [0.5, 0.6) is 5.75 Å². The number of fused-ring (bicyclic) bond motifs is 1. The third-order valence-electron chi connectivity index (χ3n) is 10.7. The zero-order valence-corrected chi connectivity index (χ0v) is 23.2. The summed E-state index contributed by atoms with van der Waals surface area (Å²) in [5, 5.41) is 21.5. The highest BCUT2D eigenvalue weighted by atomic mass is 35.5. The van der Waals surface area contributed by atoms with Crippen molar-refractivity contribution >= 4 is 35.9 Å². The van der Waals surface area contributed by atoms with Gasteiger partial charge in [0.15, 0.2) is 18.2 Å². The van der Waals surface area contributed by atoms with Crippen LogP contribution in [0, 0.1) is 39.8 Å². The Morgan fingerprint density at radius 2 is 2.03 bits per heavy atom. The van der Waals surface area contributed by atoms with Crippen molar-refractivity contribution in [2.24, 2.45) is 34.0 Å². The zero-order chi connectivity index (χ0) is 27.6. The number of ketones is 1. The largest absolute Gasteiger partial charge is 0.494 e. The molecule has 8 atom stereocenters. The Morgan fingerprint density at radius 1 is 1.29 bits per heavy atom. The van der Waals surface area contributed by atoms with Crippen molar-refractivity contribution in [1.82, 2.24) is 0 Å². The van der Waals surface area contributed by atoms with Crippen molar-refractivity contribution in [3.8, 4) is 5.75 Å². The summed E-state index contributed by atoms with van der Waals surface area (Å²) in [5.74, 6) is -1.67. The Bertz CT molecular complexity index is 1130. The van der Waals surface area contributed by atoms with E-state index in [0.717, 1.165) is 12.8 Å². The number of alkyl halides is 1. The first-order valence-electron chi connectivity index (χ1n) is 13.6. The molecule has 0 spiro atoms. The van der Waals surface area contributed by atoms with E-state index in [4.69, 9.17) is 25.7 Å². The standard InChI is InChI=1S/C28H37BClFO7/c1-15-7-9-28-10-8-18(32)24(28)27(15,4)20(11-26(3,14-30)25(34)16(28)2)38-21(33)13-36-19-6-5-17-12-37-29(35)22(17)23(19)31/h5-6,15-16,20,24-25,34-35H,7-14H2,1-4H3/t15-,16-,20+,24-,25-,26-,27-,28-/m0/s1. The minimum Gasteiger partial charge on any atom is -0.479 e. The summed E-state index contributed by atoms with van der Waals surface area (Å²) in [5.41, 5.74) is -1.23. The van der Waals surface area contributed by atoms with Gasteiger partial charge in [0.05, 0.1) is 12.7 Å². The van der Waals surface area contributed by atoms with E-state index >= 15 is 0 Å². The fourth-order valence-electron chi connectivity index (χ4n) is 8.19. The molecule has 0 radical (unpaired) electrons. The van der Waals surface area contributed by atoms with Crippen LogP contribution in [0.15, 0.2) is 12.1 Å². The molecule has 1 aromatic carbocycles. The third-order valence-corrected chi connectivity index (χ3v) is 11.3. The first-order chi connectivity index (χ1) is 17.9. The van der Waals surface area contributed by atoms with Gasteiger partial charge in [0.25, 0.3) is 0 Å². The SMILES string of the molecule is C[C@H]1[C@H](O)[C@](C)(CCl)C[C@@H](OC(=O)COc2ccc3c(c2F)B(O)OC3)[C@@]2(C)[C@@H]3C(=O)CC[C@]31CC[C@@H]2C. The number of carbonyl (C=O) groups is 2. The van der Waals surface area contributed by atoms with E-state index in [9.17, 15) is 24.1 Å². The summed E-state index contributed by atoms with van der Waals surface area (Å²) in [7, 11) is -1.38. The molecule has 208 valence electrons. The van der Waals surface area contributed by atoms with Crippen LogP contribution < -0.4 is 10.2 Å². The van der Waals surface area contributed by atoms with E-state index < -0.39 is 48.5 Å². The van der Waals surface area contributed by atoms with Gasteiger partial charge in [-0.1, -0.05) is 33.8 Å². The van der Waals surface area contributed by atoms with Crippen LogP contribution >= 0.6 is 11.6 Å². The highest BCUT2D eigenvalue weighted by Gasteiger charge is 2.68. The molecule has 2 bridgehead atoms. The molecular weight excluding hydrogens is 514 g/mol. The number of ether oxygens (including phenoxy) is 2. The zero-order valence-electron chi connectivity index (χ0n) is 22.5. The third kappa shape index (κ3) is 4.02. The number of hydrogen-bond donors (Lipinski definition) is 2. The first kappa shape index (κ1) is 27.9. The second-order valence-electron chi connectivity index (χ2n) is 12.5. The molecular formula is C28H37BClFO7. The summed E-state index contributed by atoms with van der Waals surface area (Å²) >= 11 is 6.47. The summed E-state index contributed by atoms with van der Waals surface area (Å²) in [6.45, 7) is 7.68. The van der Waals surface area contributed by atoms with Gasteiger partial charge in [-0.2, -0.15) is 0 Å². The normalized spacial score (nSPS) is 40.3. The Hall–Kier alpha value is -1.68. The average Bonchev–Trinajstić information content (AvgIpc) is 3.45. The van der Waals surface area contributed by atoms with Gasteiger partial charge >= 0.3 is 13.1 Å². The molecule has 0 aromatic heterocycles. The van der Waals surface area contributed by atoms with Crippen LogP contribution in [0.3, 0.4) is 0 Å². The lowest BCUT2D eigenvalue weighted by Gasteiger charge is -2.62. The molecule has 10 heteroatoms. The molecule has 7 nitrogen and oxygen atoms in total. The van der Waals surface area contributed by atoms with Crippen LogP contribution in [0.4, 0.5) is 4.39 Å². The summed E-state index contributed by atoms with van der Waals surface area (Å²) in [6, 6.07) is 2.99. The highest BCUT2D eigenvalue weighted by Crippen LogP contribution is 2.67. The highest BCUT2D eigenvalue weighted by molar-refractivity contribution is 6.61. The van der Waals surface area contributed by atoms with Crippen molar-refractivity contribution in [1.29, 1.82) is 0 Å². The number of carbonyl (C=O) groups excluding carboxylic acids is 2. The number of hydrogen-bond acceptors (Lipinski definition) is 7. The van der Waals surface area contributed by atoms with Gasteiger partial charge < -0.3 is 24.3 Å². The van der Waals surface area contributed by atoms with Crippen LogP contribution in [0.1, 0.15) is 65.4 Å². The number of aliphatic hydroxyl groups excluding tert-OH is 1. The molecule has 1 heterocycles. The molecule has 3 saturated carbocycles. The van der Waals surface area contributed by atoms with Crippen molar-refractivity contribution < 1.29 is 38.2 Å². The van der Waals surface area contributed by atoms with Crippen molar-refractivity contribution in [2.75, 3.05) is 12.5 Å². The van der Waals surface area contributed by atoms with Crippen molar-refractivity contribution in [3.63, 3.8) is 0 Å². The fourth-order valence-corrected chi connectivity index (χ4v) is 8.45. The topological polar surface area (TPSA) is 102 Å². The second kappa shape index (κ2) is 9.75. The molecule has 3 fully saturated rings. The Kier molecular flexibility index (Phi) is 7.15.